The monoisotopic (exact) mass is 545 g/mol. The van der Waals surface area contributed by atoms with Gasteiger partial charge in [-0.1, -0.05) is 6.07 Å². The number of amides is 2. The molecule has 206 valence electrons. The SMILES string of the molecule is Cc1cc(C(=O)N[C@]2(c3ccc(OC(F)(F)F)c(F)c3)CCOc3cccnc32)ccc1C(=O)NC(C)(C)C. The second-order valence-corrected chi connectivity index (χ2v) is 10.2. The topological polar surface area (TPSA) is 89.6 Å². The van der Waals surface area contributed by atoms with Crippen molar-refractivity contribution in [2.45, 2.75) is 51.6 Å². The summed E-state index contributed by atoms with van der Waals surface area (Å²) in [6.45, 7) is 7.38. The summed E-state index contributed by atoms with van der Waals surface area (Å²) in [7, 11) is 0. The fourth-order valence-corrected chi connectivity index (χ4v) is 4.44. The predicted molar refractivity (Wildman–Crippen MR) is 134 cm³/mol. The van der Waals surface area contributed by atoms with Crippen molar-refractivity contribution in [3.8, 4) is 11.5 Å². The van der Waals surface area contributed by atoms with Gasteiger partial charge in [0.05, 0.1) is 6.61 Å². The van der Waals surface area contributed by atoms with E-state index in [-0.39, 0.29) is 35.8 Å². The molecule has 2 N–H and O–H groups in total. The molecular formula is C28H27F4N3O4. The Hall–Kier alpha value is -4.15. The van der Waals surface area contributed by atoms with Gasteiger partial charge in [-0.3, -0.25) is 14.6 Å². The van der Waals surface area contributed by atoms with Crippen LogP contribution in [0.2, 0.25) is 0 Å². The highest BCUT2D eigenvalue weighted by Crippen LogP contribution is 2.42. The molecule has 1 aromatic heterocycles. The summed E-state index contributed by atoms with van der Waals surface area (Å²) in [4.78, 5) is 30.6. The van der Waals surface area contributed by atoms with Gasteiger partial charge in [0.2, 0.25) is 0 Å². The molecule has 0 bridgehead atoms. The van der Waals surface area contributed by atoms with E-state index in [1.165, 1.54) is 24.4 Å². The van der Waals surface area contributed by atoms with E-state index in [1.807, 2.05) is 20.8 Å². The lowest BCUT2D eigenvalue weighted by Crippen LogP contribution is -2.50. The van der Waals surface area contributed by atoms with Crippen LogP contribution in [0, 0.1) is 12.7 Å². The average Bonchev–Trinajstić information content (AvgIpc) is 2.83. The van der Waals surface area contributed by atoms with Crippen molar-refractivity contribution in [3.63, 3.8) is 0 Å². The first-order chi connectivity index (χ1) is 18.2. The smallest absolute Gasteiger partial charge is 0.491 e. The number of aromatic nitrogens is 1. The number of carbonyl (C=O) groups is 2. The summed E-state index contributed by atoms with van der Waals surface area (Å²) >= 11 is 0. The molecule has 1 aliphatic rings. The van der Waals surface area contributed by atoms with E-state index < -0.39 is 34.9 Å². The van der Waals surface area contributed by atoms with E-state index >= 15 is 0 Å². The highest BCUT2D eigenvalue weighted by molar-refractivity contribution is 5.99. The maximum absolute atomic E-state index is 14.8. The maximum atomic E-state index is 14.8. The van der Waals surface area contributed by atoms with Crippen LogP contribution in [0.25, 0.3) is 0 Å². The molecule has 1 atom stereocenters. The third-order valence-corrected chi connectivity index (χ3v) is 6.11. The minimum Gasteiger partial charge on any atom is -0.491 e. The molecule has 11 heteroatoms. The van der Waals surface area contributed by atoms with Gasteiger partial charge in [-0.25, -0.2) is 4.39 Å². The standard InChI is InChI=1S/C28H27F4N3O4/c1-16-14-17(7-9-19(16)25(37)34-26(2,3)4)24(36)35-27(11-13-38-22-6-5-12-33-23(22)27)18-8-10-21(20(29)15-18)39-28(30,31)32/h5-10,12,14-15H,11,13H2,1-4H3,(H,34,37)(H,35,36)/t27-/m0/s1. The van der Waals surface area contributed by atoms with Gasteiger partial charge < -0.3 is 20.1 Å². The quantitative estimate of drug-likeness (QED) is 0.419. The van der Waals surface area contributed by atoms with Crippen LogP contribution in [0.4, 0.5) is 17.6 Å². The molecule has 3 aromatic rings. The largest absolute Gasteiger partial charge is 0.573 e. The molecule has 4 rings (SSSR count). The second-order valence-electron chi connectivity index (χ2n) is 10.2. The number of nitrogens with zero attached hydrogens (tertiary/aromatic N) is 1. The first-order valence-corrected chi connectivity index (χ1v) is 12.1. The first kappa shape index (κ1) is 27.9. The molecular weight excluding hydrogens is 518 g/mol. The number of rotatable bonds is 5. The van der Waals surface area contributed by atoms with E-state index in [9.17, 15) is 27.2 Å². The van der Waals surface area contributed by atoms with Crippen molar-refractivity contribution in [1.29, 1.82) is 0 Å². The maximum Gasteiger partial charge on any atom is 0.573 e. The molecule has 0 unspecified atom stereocenters. The Labute approximate surface area is 222 Å². The predicted octanol–water partition coefficient (Wildman–Crippen LogP) is 5.41. The molecule has 2 aromatic carbocycles. The van der Waals surface area contributed by atoms with E-state index in [2.05, 4.69) is 20.4 Å². The number of carbonyl (C=O) groups excluding carboxylic acids is 2. The van der Waals surface area contributed by atoms with Crippen LogP contribution in [-0.4, -0.2) is 35.3 Å². The Balaban J connectivity index is 1.73. The summed E-state index contributed by atoms with van der Waals surface area (Å²) in [6, 6.07) is 10.8. The molecule has 0 saturated carbocycles. The Morgan fingerprint density at radius 3 is 2.44 bits per heavy atom. The van der Waals surface area contributed by atoms with Gasteiger partial charge in [0, 0.05) is 29.3 Å². The van der Waals surface area contributed by atoms with Gasteiger partial charge in [-0.05, 0) is 81.3 Å². The van der Waals surface area contributed by atoms with Crippen LogP contribution in [0.3, 0.4) is 0 Å². The van der Waals surface area contributed by atoms with Crippen molar-refractivity contribution >= 4 is 11.8 Å². The number of fused-ring (bicyclic) bond motifs is 1. The fraction of sp³-hybridized carbons (Fsp3) is 0.321. The third-order valence-electron chi connectivity index (χ3n) is 6.11. The lowest BCUT2D eigenvalue weighted by molar-refractivity contribution is -0.275. The van der Waals surface area contributed by atoms with E-state index in [0.29, 0.717) is 16.9 Å². The number of nitrogens with one attached hydrogen (secondary N) is 2. The van der Waals surface area contributed by atoms with Crippen LogP contribution in [-0.2, 0) is 5.54 Å². The summed E-state index contributed by atoms with van der Waals surface area (Å²) in [5, 5.41) is 5.79. The number of halogens is 4. The minimum absolute atomic E-state index is 0.117. The molecule has 2 heterocycles. The molecule has 0 aliphatic carbocycles. The van der Waals surface area contributed by atoms with Crippen LogP contribution >= 0.6 is 0 Å². The van der Waals surface area contributed by atoms with Gasteiger partial charge in [-0.2, -0.15) is 0 Å². The number of hydrogen-bond acceptors (Lipinski definition) is 5. The van der Waals surface area contributed by atoms with Gasteiger partial charge in [0.15, 0.2) is 11.6 Å². The number of aryl methyl sites for hydroxylation is 1. The van der Waals surface area contributed by atoms with Gasteiger partial charge in [-0.15, -0.1) is 13.2 Å². The normalized spacial score (nSPS) is 17.0. The molecule has 0 radical (unpaired) electrons. The molecule has 0 spiro atoms. The van der Waals surface area contributed by atoms with E-state index in [4.69, 9.17) is 4.74 Å². The highest BCUT2D eigenvalue weighted by Gasteiger charge is 2.43. The lowest BCUT2D eigenvalue weighted by Gasteiger charge is -2.39. The van der Waals surface area contributed by atoms with Gasteiger partial charge in [0.25, 0.3) is 11.8 Å². The number of benzene rings is 2. The molecule has 0 fully saturated rings. The molecule has 0 saturated heterocycles. The van der Waals surface area contributed by atoms with Crippen molar-refractivity contribution < 1.29 is 36.6 Å². The number of ether oxygens (including phenoxy) is 2. The zero-order valence-electron chi connectivity index (χ0n) is 21.7. The highest BCUT2D eigenvalue weighted by atomic mass is 19.4. The third kappa shape index (κ3) is 6.13. The Bertz CT molecular complexity index is 1420. The van der Waals surface area contributed by atoms with Gasteiger partial charge in [0.1, 0.15) is 17.0 Å². The molecule has 1 aliphatic heterocycles. The lowest BCUT2D eigenvalue weighted by atomic mass is 9.81. The summed E-state index contributed by atoms with van der Waals surface area (Å²) in [5.41, 5.74) is -0.276. The van der Waals surface area contributed by atoms with E-state index in [0.717, 1.165) is 12.1 Å². The second kappa shape index (κ2) is 10.2. The number of pyridine rings is 1. The summed E-state index contributed by atoms with van der Waals surface area (Å²) in [6.07, 6.45) is -3.49. The van der Waals surface area contributed by atoms with Crippen molar-refractivity contribution in [1.82, 2.24) is 15.6 Å². The fourth-order valence-electron chi connectivity index (χ4n) is 4.44. The van der Waals surface area contributed by atoms with Crippen LogP contribution < -0.4 is 20.1 Å². The van der Waals surface area contributed by atoms with Crippen molar-refractivity contribution in [3.05, 3.63) is 88.5 Å². The Kier molecular flexibility index (Phi) is 7.29. The zero-order valence-corrected chi connectivity index (χ0v) is 21.7. The number of alkyl halides is 3. The minimum atomic E-state index is -5.07. The van der Waals surface area contributed by atoms with Crippen molar-refractivity contribution in [2.24, 2.45) is 0 Å². The molecule has 7 nitrogen and oxygen atoms in total. The van der Waals surface area contributed by atoms with Crippen molar-refractivity contribution in [2.75, 3.05) is 6.61 Å². The Morgan fingerprint density at radius 2 is 1.79 bits per heavy atom. The Morgan fingerprint density at radius 1 is 1.05 bits per heavy atom. The number of hydrogen-bond donors (Lipinski definition) is 2. The van der Waals surface area contributed by atoms with Gasteiger partial charge >= 0.3 is 6.36 Å². The molecule has 2 amide bonds. The summed E-state index contributed by atoms with van der Waals surface area (Å²) < 4.78 is 62.4. The first-order valence-electron chi connectivity index (χ1n) is 12.1. The van der Waals surface area contributed by atoms with Crippen LogP contribution in [0.1, 0.15) is 64.7 Å². The molecule has 39 heavy (non-hydrogen) atoms. The summed E-state index contributed by atoms with van der Waals surface area (Å²) in [5.74, 6) is -2.77. The zero-order chi connectivity index (χ0) is 28.6. The van der Waals surface area contributed by atoms with E-state index in [1.54, 1.807) is 25.1 Å². The van der Waals surface area contributed by atoms with Crippen LogP contribution in [0.15, 0.2) is 54.7 Å². The van der Waals surface area contributed by atoms with Crippen LogP contribution in [0.5, 0.6) is 11.5 Å². The average molecular weight is 546 g/mol.